The number of sulfonamides is 1. The maximum Gasteiger partial charge on any atom is 0.240 e. The first-order chi connectivity index (χ1) is 14.8. The molecule has 1 N–H and O–H groups in total. The lowest BCUT2D eigenvalue weighted by molar-refractivity contribution is -0.116. The van der Waals surface area contributed by atoms with Crippen LogP contribution in [0, 0.1) is 6.92 Å². The zero-order chi connectivity index (χ0) is 22.2. The highest BCUT2D eigenvalue weighted by Gasteiger charge is 2.23. The van der Waals surface area contributed by atoms with Gasteiger partial charge >= 0.3 is 0 Å². The van der Waals surface area contributed by atoms with E-state index >= 15 is 0 Å². The molecule has 9 heteroatoms. The highest BCUT2D eigenvalue weighted by atomic mass is 35.5. The van der Waals surface area contributed by atoms with E-state index in [-0.39, 0.29) is 17.3 Å². The highest BCUT2D eigenvalue weighted by Crippen LogP contribution is 2.33. The number of thiazole rings is 1. The van der Waals surface area contributed by atoms with E-state index in [4.69, 9.17) is 11.6 Å². The molecule has 0 atom stereocenters. The van der Waals surface area contributed by atoms with Crippen molar-refractivity contribution in [2.75, 3.05) is 11.4 Å². The van der Waals surface area contributed by atoms with E-state index in [2.05, 4.69) is 9.71 Å². The maximum absolute atomic E-state index is 12.9. The topological polar surface area (TPSA) is 79.4 Å². The number of nitrogens with zero attached hydrogens (tertiary/aromatic N) is 2. The maximum atomic E-state index is 12.9. The molecule has 1 aliphatic rings. The fourth-order valence-corrected chi connectivity index (χ4v) is 6.11. The van der Waals surface area contributed by atoms with E-state index in [0.717, 1.165) is 45.2 Å². The van der Waals surface area contributed by atoms with Crippen LogP contribution in [0.3, 0.4) is 0 Å². The summed E-state index contributed by atoms with van der Waals surface area (Å²) in [5, 5.41) is 1.37. The number of hydrogen-bond donors (Lipinski definition) is 1. The summed E-state index contributed by atoms with van der Waals surface area (Å²) in [6.45, 7) is 4.18. The Kier molecular flexibility index (Phi) is 6.16. The first-order valence-corrected chi connectivity index (χ1v) is 12.6. The summed E-state index contributed by atoms with van der Waals surface area (Å²) in [4.78, 5) is 19.1. The molecule has 0 bridgehead atoms. The zero-order valence-corrected chi connectivity index (χ0v) is 19.6. The minimum atomic E-state index is -3.71. The van der Waals surface area contributed by atoms with Gasteiger partial charge in [0.05, 0.1) is 15.6 Å². The smallest absolute Gasteiger partial charge is 0.240 e. The molecular formula is C22H22ClN3O3S2. The average Bonchev–Trinajstić information content (AvgIpc) is 3.12. The van der Waals surface area contributed by atoms with Gasteiger partial charge in [-0.3, -0.25) is 4.79 Å². The van der Waals surface area contributed by atoms with Gasteiger partial charge in [-0.2, -0.15) is 0 Å². The van der Waals surface area contributed by atoms with Gasteiger partial charge in [-0.1, -0.05) is 29.8 Å². The quantitative estimate of drug-likeness (QED) is 0.587. The van der Waals surface area contributed by atoms with Crippen LogP contribution in [0.4, 0.5) is 5.69 Å². The van der Waals surface area contributed by atoms with Gasteiger partial charge in [0.1, 0.15) is 5.01 Å². The molecule has 0 spiro atoms. The van der Waals surface area contributed by atoms with Gasteiger partial charge in [0.25, 0.3) is 0 Å². The van der Waals surface area contributed by atoms with Crippen molar-refractivity contribution < 1.29 is 13.2 Å². The molecule has 1 aromatic heterocycles. The summed E-state index contributed by atoms with van der Waals surface area (Å²) >= 11 is 7.69. The largest absolute Gasteiger partial charge is 0.312 e. The molecule has 6 nitrogen and oxygen atoms in total. The minimum absolute atomic E-state index is 0.0373. The number of carbonyl (C=O) groups excluding carboxylic acids is 1. The van der Waals surface area contributed by atoms with Crippen molar-refractivity contribution in [2.24, 2.45) is 0 Å². The van der Waals surface area contributed by atoms with E-state index in [1.165, 1.54) is 18.3 Å². The molecule has 162 valence electrons. The van der Waals surface area contributed by atoms with Crippen molar-refractivity contribution in [1.29, 1.82) is 0 Å². The second-order valence-electron chi connectivity index (χ2n) is 7.40. The summed E-state index contributed by atoms with van der Waals surface area (Å²) in [6.07, 6.45) is 1.56. The number of amides is 1. The van der Waals surface area contributed by atoms with Crippen LogP contribution in [-0.2, 0) is 27.8 Å². The fraction of sp³-hybridized carbons (Fsp3) is 0.273. The standard InChI is InChI=1S/C22H22ClN3O3S2/c1-14-21(30-22(25-14)18-7-3-4-8-19(18)23)13-24-31(28,29)17-9-10-20-16(12-17)6-5-11-26(20)15(2)27/h3-4,7-10,12,24H,5-6,11,13H2,1-2H3. The molecule has 2 aromatic carbocycles. The third kappa shape index (κ3) is 4.52. The van der Waals surface area contributed by atoms with Crippen molar-refractivity contribution in [2.45, 2.75) is 38.1 Å². The van der Waals surface area contributed by atoms with Gasteiger partial charge in [0.2, 0.25) is 15.9 Å². The van der Waals surface area contributed by atoms with Crippen molar-refractivity contribution in [3.8, 4) is 10.6 Å². The normalized spacial score (nSPS) is 13.8. The van der Waals surface area contributed by atoms with Crippen molar-refractivity contribution >= 4 is 44.6 Å². The number of anilines is 1. The Morgan fingerprint density at radius 3 is 2.77 bits per heavy atom. The third-order valence-corrected chi connectivity index (χ3v) is 8.20. The SMILES string of the molecule is CC(=O)N1CCCc2cc(S(=O)(=O)NCc3sc(-c4ccccc4Cl)nc3C)ccc21. The van der Waals surface area contributed by atoms with E-state index < -0.39 is 10.0 Å². The Morgan fingerprint density at radius 2 is 2.03 bits per heavy atom. The molecule has 0 saturated carbocycles. The number of fused-ring (bicyclic) bond motifs is 1. The first-order valence-electron chi connectivity index (χ1n) is 9.88. The van der Waals surface area contributed by atoms with Gasteiger partial charge in [0, 0.05) is 36.1 Å². The Balaban J connectivity index is 1.54. The molecule has 0 aliphatic carbocycles. The second kappa shape index (κ2) is 8.70. The molecule has 31 heavy (non-hydrogen) atoms. The Hall–Kier alpha value is -2.26. The molecule has 0 unspecified atom stereocenters. The number of nitrogens with one attached hydrogen (secondary N) is 1. The summed E-state index contributed by atoms with van der Waals surface area (Å²) in [6, 6.07) is 12.4. The lowest BCUT2D eigenvalue weighted by Crippen LogP contribution is -2.33. The molecular weight excluding hydrogens is 454 g/mol. The molecule has 2 heterocycles. The van der Waals surface area contributed by atoms with Crippen LogP contribution in [0.5, 0.6) is 0 Å². The first kappa shape index (κ1) is 22.0. The average molecular weight is 476 g/mol. The van der Waals surface area contributed by atoms with E-state index in [9.17, 15) is 13.2 Å². The molecule has 4 rings (SSSR count). The van der Waals surface area contributed by atoms with Gasteiger partial charge in [-0.15, -0.1) is 11.3 Å². The van der Waals surface area contributed by atoms with Crippen LogP contribution in [0.2, 0.25) is 5.02 Å². The Labute approximate surface area is 190 Å². The van der Waals surface area contributed by atoms with Crippen LogP contribution in [0.1, 0.15) is 29.5 Å². The Morgan fingerprint density at radius 1 is 1.26 bits per heavy atom. The number of benzene rings is 2. The summed E-state index contributed by atoms with van der Waals surface area (Å²) < 4.78 is 28.5. The second-order valence-corrected chi connectivity index (χ2v) is 10.7. The van der Waals surface area contributed by atoms with Crippen LogP contribution in [-0.4, -0.2) is 25.9 Å². The monoisotopic (exact) mass is 475 g/mol. The van der Waals surface area contributed by atoms with Crippen LogP contribution >= 0.6 is 22.9 Å². The van der Waals surface area contributed by atoms with Crippen LogP contribution in [0.25, 0.3) is 10.6 Å². The molecule has 1 amide bonds. The van der Waals surface area contributed by atoms with Crippen LogP contribution < -0.4 is 9.62 Å². The van der Waals surface area contributed by atoms with Crippen molar-refractivity contribution in [1.82, 2.24) is 9.71 Å². The number of aromatic nitrogens is 1. The molecule has 0 fully saturated rings. The summed E-state index contributed by atoms with van der Waals surface area (Å²) in [5.74, 6) is -0.0373. The summed E-state index contributed by atoms with van der Waals surface area (Å²) in [5.41, 5.74) is 3.26. The number of rotatable bonds is 5. The molecule has 1 aliphatic heterocycles. The van der Waals surface area contributed by atoms with Crippen molar-refractivity contribution in [3.05, 3.63) is 63.6 Å². The van der Waals surface area contributed by atoms with E-state index in [0.29, 0.717) is 11.6 Å². The lowest BCUT2D eigenvalue weighted by atomic mass is 10.0. The molecule has 3 aromatic rings. The van der Waals surface area contributed by atoms with E-state index in [1.54, 1.807) is 29.2 Å². The fourth-order valence-electron chi connectivity index (χ4n) is 3.65. The predicted molar refractivity (Wildman–Crippen MR) is 124 cm³/mol. The summed E-state index contributed by atoms with van der Waals surface area (Å²) in [7, 11) is -3.71. The number of halogens is 1. The number of carbonyl (C=O) groups is 1. The zero-order valence-electron chi connectivity index (χ0n) is 17.2. The number of hydrogen-bond acceptors (Lipinski definition) is 5. The lowest BCUT2D eigenvalue weighted by Gasteiger charge is -2.28. The van der Waals surface area contributed by atoms with Crippen molar-refractivity contribution in [3.63, 3.8) is 0 Å². The van der Waals surface area contributed by atoms with Gasteiger partial charge in [0.15, 0.2) is 0 Å². The predicted octanol–water partition coefficient (Wildman–Crippen LogP) is 4.55. The van der Waals surface area contributed by atoms with Crippen LogP contribution in [0.15, 0.2) is 47.4 Å². The number of aryl methyl sites for hydroxylation is 2. The van der Waals surface area contributed by atoms with Gasteiger partial charge in [-0.25, -0.2) is 18.1 Å². The Bertz CT molecular complexity index is 1250. The third-order valence-electron chi connectivity index (χ3n) is 5.28. The highest BCUT2D eigenvalue weighted by molar-refractivity contribution is 7.89. The molecule has 0 radical (unpaired) electrons. The molecule has 0 saturated heterocycles. The minimum Gasteiger partial charge on any atom is -0.312 e. The van der Waals surface area contributed by atoms with Gasteiger partial charge < -0.3 is 4.90 Å². The van der Waals surface area contributed by atoms with E-state index in [1.807, 2.05) is 25.1 Å². The van der Waals surface area contributed by atoms with Gasteiger partial charge in [-0.05, 0) is 49.6 Å².